The molecule has 1 atom stereocenters. The van der Waals surface area contributed by atoms with E-state index in [-0.39, 0.29) is 5.92 Å². The van der Waals surface area contributed by atoms with Crippen molar-refractivity contribution in [3.05, 3.63) is 53.6 Å². The van der Waals surface area contributed by atoms with Crippen LogP contribution in [0.1, 0.15) is 17.0 Å². The summed E-state index contributed by atoms with van der Waals surface area (Å²) in [5, 5.41) is 0. The zero-order valence-corrected chi connectivity index (χ0v) is 12.6. The summed E-state index contributed by atoms with van der Waals surface area (Å²) in [5.41, 5.74) is 8.21. The van der Waals surface area contributed by atoms with Crippen molar-refractivity contribution < 1.29 is 14.2 Å². The van der Waals surface area contributed by atoms with E-state index < -0.39 is 0 Å². The van der Waals surface area contributed by atoms with Crippen molar-refractivity contribution in [2.24, 2.45) is 5.73 Å². The smallest absolute Gasteiger partial charge is 0.161 e. The summed E-state index contributed by atoms with van der Waals surface area (Å²) < 4.78 is 15.8. The molecule has 0 saturated heterocycles. The summed E-state index contributed by atoms with van der Waals surface area (Å²) in [4.78, 5) is 0. The van der Waals surface area contributed by atoms with Crippen molar-refractivity contribution in [2.75, 3.05) is 27.9 Å². The van der Waals surface area contributed by atoms with Crippen LogP contribution in [0.2, 0.25) is 0 Å². The number of nitrogens with two attached hydrogens (primary N) is 1. The summed E-state index contributed by atoms with van der Waals surface area (Å²) in [6.45, 7) is 0.516. The van der Waals surface area contributed by atoms with Gasteiger partial charge in [-0.05, 0) is 35.4 Å². The van der Waals surface area contributed by atoms with Gasteiger partial charge in [0.25, 0.3) is 0 Å². The van der Waals surface area contributed by atoms with Crippen molar-refractivity contribution in [3.8, 4) is 17.2 Å². The van der Waals surface area contributed by atoms with Crippen LogP contribution in [-0.4, -0.2) is 27.9 Å². The first kappa shape index (κ1) is 15.2. The lowest BCUT2D eigenvalue weighted by Crippen LogP contribution is -2.14. The van der Waals surface area contributed by atoms with Crippen LogP contribution >= 0.6 is 0 Å². The highest BCUT2D eigenvalue weighted by atomic mass is 16.5. The van der Waals surface area contributed by atoms with Gasteiger partial charge in [-0.1, -0.05) is 18.2 Å². The molecule has 2 aromatic carbocycles. The zero-order valence-electron chi connectivity index (χ0n) is 12.6. The number of hydrogen-bond donors (Lipinski definition) is 1. The summed E-state index contributed by atoms with van der Waals surface area (Å²) in [6.07, 6.45) is 0. The molecule has 0 spiro atoms. The standard InChI is InChI=1S/C17H21NO3/c1-19-14-7-4-12(5-8-14)15(11-18)13-6-9-16(20-2)17(10-13)21-3/h4-10,15H,11,18H2,1-3H3. The number of ether oxygens (including phenoxy) is 3. The van der Waals surface area contributed by atoms with E-state index in [1.807, 2.05) is 42.5 Å². The van der Waals surface area contributed by atoms with E-state index in [1.165, 1.54) is 0 Å². The molecule has 4 nitrogen and oxygen atoms in total. The van der Waals surface area contributed by atoms with Gasteiger partial charge in [-0.2, -0.15) is 0 Å². The van der Waals surface area contributed by atoms with Gasteiger partial charge in [0, 0.05) is 12.5 Å². The summed E-state index contributed by atoms with van der Waals surface area (Å²) in [5.74, 6) is 2.37. The molecule has 2 rings (SSSR count). The van der Waals surface area contributed by atoms with Crippen LogP contribution in [0, 0.1) is 0 Å². The molecule has 2 N–H and O–H groups in total. The number of hydrogen-bond acceptors (Lipinski definition) is 4. The average molecular weight is 287 g/mol. The van der Waals surface area contributed by atoms with Crippen LogP contribution in [0.4, 0.5) is 0 Å². The van der Waals surface area contributed by atoms with Gasteiger partial charge in [0.05, 0.1) is 21.3 Å². The van der Waals surface area contributed by atoms with E-state index in [4.69, 9.17) is 19.9 Å². The molecule has 0 aromatic heterocycles. The summed E-state index contributed by atoms with van der Waals surface area (Å²) in [7, 11) is 4.91. The Bertz CT molecular complexity index is 581. The first-order valence-corrected chi connectivity index (χ1v) is 6.79. The summed E-state index contributed by atoms with van der Waals surface area (Å²) >= 11 is 0. The zero-order chi connectivity index (χ0) is 15.2. The van der Waals surface area contributed by atoms with Crippen LogP contribution < -0.4 is 19.9 Å². The van der Waals surface area contributed by atoms with E-state index >= 15 is 0 Å². The van der Waals surface area contributed by atoms with Crippen LogP contribution in [-0.2, 0) is 0 Å². The average Bonchev–Trinajstić information content (AvgIpc) is 2.56. The monoisotopic (exact) mass is 287 g/mol. The highest BCUT2D eigenvalue weighted by Crippen LogP contribution is 2.33. The van der Waals surface area contributed by atoms with Gasteiger partial charge in [-0.25, -0.2) is 0 Å². The lowest BCUT2D eigenvalue weighted by atomic mass is 9.91. The Morgan fingerprint density at radius 3 is 1.95 bits per heavy atom. The molecule has 0 saturated carbocycles. The molecule has 0 fully saturated rings. The van der Waals surface area contributed by atoms with Crippen LogP contribution in [0.25, 0.3) is 0 Å². The predicted molar refractivity (Wildman–Crippen MR) is 83.4 cm³/mol. The Balaban J connectivity index is 2.35. The maximum Gasteiger partial charge on any atom is 0.161 e. The normalized spacial score (nSPS) is 11.8. The SMILES string of the molecule is COc1ccc(C(CN)c2ccc(OC)c(OC)c2)cc1. The third-order valence-corrected chi connectivity index (χ3v) is 3.56. The fourth-order valence-corrected chi connectivity index (χ4v) is 2.37. The molecule has 112 valence electrons. The van der Waals surface area contributed by atoms with Crippen LogP contribution in [0.15, 0.2) is 42.5 Å². The lowest BCUT2D eigenvalue weighted by molar-refractivity contribution is 0.354. The Morgan fingerprint density at radius 2 is 1.43 bits per heavy atom. The van der Waals surface area contributed by atoms with E-state index in [2.05, 4.69) is 0 Å². The topological polar surface area (TPSA) is 53.7 Å². The molecular formula is C17H21NO3. The fraction of sp³-hybridized carbons (Fsp3) is 0.294. The Kier molecular flexibility index (Phi) is 5.06. The third-order valence-electron chi connectivity index (χ3n) is 3.56. The Morgan fingerprint density at radius 1 is 0.810 bits per heavy atom. The van der Waals surface area contributed by atoms with Gasteiger partial charge in [0.15, 0.2) is 11.5 Å². The van der Waals surface area contributed by atoms with E-state index in [0.717, 1.165) is 16.9 Å². The fourth-order valence-electron chi connectivity index (χ4n) is 2.37. The number of methoxy groups -OCH3 is 3. The van der Waals surface area contributed by atoms with E-state index in [0.29, 0.717) is 18.0 Å². The second-order valence-electron chi connectivity index (χ2n) is 4.68. The van der Waals surface area contributed by atoms with Gasteiger partial charge in [0.2, 0.25) is 0 Å². The van der Waals surface area contributed by atoms with Gasteiger partial charge in [-0.3, -0.25) is 0 Å². The molecule has 0 amide bonds. The molecule has 0 aliphatic rings. The molecule has 0 aliphatic carbocycles. The van der Waals surface area contributed by atoms with Crippen molar-refractivity contribution in [1.29, 1.82) is 0 Å². The number of rotatable bonds is 6. The highest BCUT2D eigenvalue weighted by molar-refractivity contribution is 5.46. The van der Waals surface area contributed by atoms with Crippen molar-refractivity contribution in [1.82, 2.24) is 0 Å². The largest absolute Gasteiger partial charge is 0.497 e. The molecule has 2 aromatic rings. The lowest BCUT2D eigenvalue weighted by Gasteiger charge is -2.18. The predicted octanol–water partition coefficient (Wildman–Crippen LogP) is 2.80. The Labute approximate surface area is 125 Å². The molecule has 4 heteroatoms. The van der Waals surface area contributed by atoms with E-state index in [9.17, 15) is 0 Å². The maximum atomic E-state index is 5.97. The van der Waals surface area contributed by atoms with Gasteiger partial charge in [-0.15, -0.1) is 0 Å². The summed E-state index contributed by atoms with van der Waals surface area (Å²) in [6, 6.07) is 13.8. The Hall–Kier alpha value is -2.20. The van der Waals surface area contributed by atoms with Gasteiger partial charge in [0.1, 0.15) is 5.75 Å². The second kappa shape index (κ2) is 6.99. The van der Waals surface area contributed by atoms with E-state index in [1.54, 1.807) is 21.3 Å². The minimum absolute atomic E-state index is 0.107. The highest BCUT2D eigenvalue weighted by Gasteiger charge is 2.15. The molecular weight excluding hydrogens is 266 g/mol. The number of benzene rings is 2. The third kappa shape index (κ3) is 3.28. The minimum Gasteiger partial charge on any atom is -0.497 e. The molecule has 0 bridgehead atoms. The maximum absolute atomic E-state index is 5.97. The first-order chi connectivity index (χ1) is 10.2. The van der Waals surface area contributed by atoms with Crippen molar-refractivity contribution in [2.45, 2.75) is 5.92 Å². The molecule has 0 heterocycles. The molecule has 0 aliphatic heterocycles. The van der Waals surface area contributed by atoms with Crippen molar-refractivity contribution in [3.63, 3.8) is 0 Å². The van der Waals surface area contributed by atoms with Crippen LogP contribution in [0.5, 0.6) is 17.2 Å². The molecule has 0 radical (unpaired) electrons. The molecule has 21 heavy (non-hydrogen) atoms. The van der Waals surface area contributed by atoms with Crippen molar-refractivity contribution >= 4 is 0 Å². The quantitative estimate of drug-likeness (QED) is 0.887. The van der Waals surface area contributed by atoms with Gasteiger partial charge < -0.3 is 19.9 Å². The molecule has 1 unspecified atom stereocenters. The second-order valence-corrected chi connectivity index (χ2v) is 4.68. The first-order valence-electron chi connectivity index (χ1n) is 6.79. The van der Waals surface area contributed by atoms with Gasteiger partial charge >= 0.3 is 0 Å². The minimum atomic E-state index is 0.107. The van der Waals surface area contributed by atoms with Crippen LogP contribution in [0.3, 0.4) is 0 Å².